The van der Waals surface area contributed by atoms with Crippen molar-refractivity contribution in [3.05, 3.63) is 30.3 Å². The van der Waals surface area contributed by atoms with Crippen molar-refractivity contribution in [2.75, 3.05) is 31.6 Å². The van der Waals surface area contributed by atoms with Gasteiger partial charge in [0.2, 0.25) is 0 Å². The van der Waals surface area contributed by atoms with E-state index in [2.05, 4.69) is 47.2 Å². The highest BCUT2D eigenvalue weighted by molar-refractivity contribution is 5.48. The molecule has 0 bridgehead atoms. The second-order valence-corrected chi connectivity index (χ2v) is 5.88. The van der Waals surface area contributed by atoms with Crippen LogP contribution in [0.3, 0.4) is 0 Å². The number of para-hydroxylation sites is 1. The van der Waals surface area contributed by atoms with Gasteiger partial charge in [-0.2, -0.15) is 0 Å². The van der Waals surface area contributed by atoms with Crippen molar-refractivity contribution in [2.45, 2.75) is 31.7 Å². The maximum absolute atomic E-state index is 2.66. The van der Waals surface area contributed by atoms with Gasteiger partial charge in [-0.25, -0.2) is 0 Å². The molecule has 0 aromatic heterocycles. The van der Waals surface area contributed by atoms with E-state index < -0.39 is 0 Å². The third-order valence-electron chi connectivity index (χ3n) is 4.69. The van der Waals surface area contributed by atoms with Crippen LogP contribution in [0.4, 0.5) is 5.69 Å². The summed E-state index contributed by atoms with van der Waals surface area (Å²) in [5.74, 6) is 0.906. The minimum absolute atomic E-state index is 0.793. The van der Waals surface area contributed by atoms with E-state index in [0.29, 0.717) is 0 Å². The molecule has 0 radical (unpaired) electrons. The van der Waals surface area contributed by atoms with Gasteiger partial charge in [0.15, 0.2) is 0 Å². The van der Waals surface area contributed by atoms with E-state index in [1.54, 1.807) is 0 Å². The van der Waals surface area contributed by atoms with Crippen LogP contribution in [0.1, 0.15) is 25.7 Å². The molecule has 1 atom stereocenters. The smallest absolute Gasteiger partial charge is 0.0368 e. The fourth-order valence-electron chi connectivity index (χ4n) is 3.64. The molecule has 2 nitrogen and oxygen atoms in total. The normalized spacial score (nSPS) is 26.7. The molecule has 0 N–H and O–H groups in total. The summed E-state index contributed by atoms with van der Waals surface area (Å²) in [5, 5.41) is 0. The first kappa shape index (κ1) is 12.0. The van der Waals surface area contributed by atoms with Crippen LogP contribution < -0.4 is 4.90 Å². The minimum Gasteiger partial charge on any atom is -0.368 e. The van der Waals surface area contributed by atoms with Gasteiger partial charge in [-0.15, -0.1) is 0 Å². The Hall–Kier alpha value is -1.02. The molecule has 98 valence electrons. The highest BCUT2D eigenvalue weighted by atomic mass is 15.2. The topological polar surface area (TPSA) is 6.48 Å². The predicted octanol–water partition coefficient (Wildman–Crippen LogP) is 3.00. The second kappa shape index (κ2) is 5.31. The standard InChI is InChI=1S/C16H24N2/c1-17-12-9-14(10-13-17)16-8-5-11-18(16)15-6-3-2-4-7-15/h2-4,6-7,14,16H,5,8-13H2,1H3/t16-/m0/s1. The van der Waals surface area contributed by atoms with Gasteiger partial charge in [0, 0.05) is 18.3 Å². The number of hydrogen-bond donors (Lipinski definition) is 0. The summed E-state index contributed by atoms with van der Waals surface area (Å²) in [7, 11) is 2.25. The Morgan fingerprint density at radius 1 is 0.944 bits per heavy atom. The number of piperidine rings is 1. The lowest BCUT2D eigenvalue weighted by atomic mass is 9.88. The molecule has 0 spiro atoms. The molecular weight excluding hydrogens is 220 g/mol. The monoisotopic (exact) mass is 244 g/mol. The van der Waals surface area contributed by atoms with Crippen molar-refractivity contribution in [2.24, 2.45) is 5.92 Å². The lowest BCUT2D eigenvalue weighted by Crippen LogP contribution is -2.41. The van der Waals surface area contributed by atoms with Gasteiger partial charge < -0.3 is 9.80 Å². The van der Waals surface area contributed by atoms with E-state index in [9.17, 15) is 0 Å². The maximum atomic E-state index is 2.66. The number of likely N-dealkylation sites (tertiary alicyclic amines) is 1. The first-order valence-corrected chi connectivity index (χ1v) is 7.35. The fourth-order valence-corrected chi connectivity index (χ4v) is 3.64. The van der Waals surface area contributed by atoms with E-state index in [4.69, 9.17) is 0 Å². The molecule has 1 aromatic carbocycles. The van der Waals surface area contributed by atoms with Crippen molar-refractivity contribution < 1.29 is 0 Å². The van der Waals surface area contributed by atoms with Crippen LogP contribution >= 0.6 is 0 Å². The van der Waals surface area contributed by atoms with Gasteiger partial charge in [-0.05, 0) is 63.9 Å². The van der Waals surface area contributed by atoms with Crippen LogP contribution in [-0.2, 0) is 0 Å². The number of rotatable bonds is 2. The van der Waals surface area contributed by atoms with Crippen molar-refractivity contribution in [3.8, 4) is 0 Å². The molecule has 2 fully saturated rings. The Kier molecular flexibility index (Phi) is 3.55. The highest BCUT2D eigenvalue weighted by Crippen LogP contribution is 2.34. The summed E-state index contributed by atoms with van der Waals surface area (Å²) in [6.45, 7) is 3.81. The molecule has 0 amide bonds. The average molecular weight is 244 g/mol. The molecule has 3 rings (SSSR count). The first-order valence-electron chi connectivity index (χ1n) is 7.35. The molecule has 2 aliphatic heterocycles. The van der Waals surface area contributed by atoms with Gasteiger partial charge in [-0.3, -0.25) is 0 Å². The molecule has 2 heteroatoms. The van der Waals surface area contributed by atoms with Crippen molar-refractivity contribution in [1.82, 2.24) is 4.90 Å². The Morgan fingerprint density at radius 2 is 1.67 bits per heavy atom. The predicted molar refractivity (Wildman–Crippen MR) is 77.0 cm³/mol. The van der Waals surface area contributed by atoms with Gasteiger partial charge >= 0.3 is 0 Å². The second-order valence-electron chi connectivity index (χ2n) is 5.88. The van der Waals surface area contributed by atoms with E-state index >= 15 is 0 Å². The maximum Gasteiger partial charge on any atom is 0.0368 e. The van der Waals surface area contributed by atoms with E-state index in [0.717, 1.165) is 12.0 Å². The summed E-state index contributed by atoms with van der Waals surface area (Å²) in [4.78, 5) is 5.13. The van der Waals surface area contributed by atoms with Crippen molar-refractivity contribution in [1.29, 1.82) is 0 Å². The minimum atomic E-state index is 0.793. The lowest BCUT2D eigenvalue weighted by molar-refractivity contribution is 0.199. The quantitative estimate of drug-likeness (QED) is 0.789. The Morgan fingerprint density at radius 3 is 2.39 bits per heavy atom. The molecular formula is C16H24N2. The third-order valence-corrected chi connectivity index (χ3v) is 4.69. The van der Waals surface area contributed by atoms with Gasteiger partial charge in [0.1, 0.15) is 0 Å². The zero-order chi connectivity index (χ0) is 12.4. The summed E-state index contributed by atoms with van der Waals surface area (Å²) in [5.41, 5.74) is 1.43. The van der Waals surface area contributed by atoms with Crippen LogP contribution in [0, 0.1) is 5.92 Å². The van der Waals surface area contributed by atoms with Gasteiger partial charge in [-0.1, -0.05) is 18.2 Å². The largest absolute Gasteiger partial charge is 0.368 e. The number of benzene rings is 1. The van der Waals surface area contributed by atoms with E-state index in [1.807, 2.05) is 0 Å². The highest BCUT2D eigenvalue weighted by Gasteiger charge is 2.33. The third kappa shape index (κ3) is 2.39. The van der Waals surface area contributed by atoms with E-state index in [1.165, 1.54) is 51.0 Å². The molecule has 2 aliphatic rings. The average Bonchev–Trinajstić information content (AvgIpc) is 2.90. The van der Waals surface area contributed by atoms with E-state index in [-0.39, 0.29) is 0 Å². The summed E-state index contributed by atoms with van der Waals surface area (Å²) < 4.78 is 0. The van der Waals surface area contributed by atoms with Crippen LogP contribution in [0.2, 0.25) is 0 Å². The van der Waals surface area contributed by atoms with Gasteiger partial charge in [0.25, 0.3) is 0 Å². The van der Waals surface area contributed by atoms with Gasteiger partial charge in [0.05, 0.1) is 0 Å². The first-order chi connectivity index (χ1) is 8.84. The molecule has 18 heavy (non-hydrogen) atoms. The van der Waals surface area contributed by atoms with Crippen LogP contribution in [0.15, 0.2) is 30.3 Å². The van der Waals surface area contributed by atoms with Crippen molar-refractivity contribution in [3.63, 3.8) is 0 Å². The number of anilines is 1. The molecule has 2 heterocycles. The molecule has 1 aromatic rings. The molecule has 0 aliphatic carbocycles. The Balaban J connectivity index is 1.71. The number of nitrogens with zero attached hydrogens (tertiary/aromatic N) is 2. The molecule has 0 unspecified atom stereocenters. The Labute approximate surface area is 111 Å². The fraction of sp³-hybridized carbons (Fsp3) is 0.625. The molecule has 2 saturated heterocycles. The van der Waals surface area contributed by atoms with Crippen LogP contribution in [-0.4, -0.2) is 37.6 Å². The zero-order valence-corrected chi connectivity index (χ0v) is 11.4. The van der Waals surface area contributed by atoms with Crippen molar-refractivity contribution >= 4 is 5.69 Å². The number of hydrogen-bond acceptors (Lipinski definition) is 2. The van der Waals surface area contributed by atoms with Crippen LogP contribution in [0.5, 0.6) is 0 Å². The zero-order valence-electron chi connectivity index (χ0n) is 11.4. The molecule has 0 saturated carbocycles. The summed E-state index contributed by atoms with van der Waals surface area (Å²) >= 11 is 0. The van der Waals surface area contributed by atoms with Crippen LogP contribution in [0.25, 0.3) is 0 Å². The summed E-state index contributed by atoms with van der Waals surface area (Å²) in [6, 6.07) is 11.8. The SMILES string of the molecule is CN1CCC([C@@H]2CCCN2c2ccccc2)CC1. The lowest BCUT2D eigenvalue weighted by Gasteiger charge is -2.38. The Bertz CT molecular complexity index is 368. The summed E-state index contributed by atoms with van der Waals surface area (Å²) in [6.07, 6.45) is 5.52.